The van der Waals surface area contributed by atoms with Crippen LogP contribution in [0, 0.1) is 0 Å². The van der Waals surface area contributed by atoms with E-state index in [9.17, 15) is 5.11 Å². The first-order valence-corrected chi connectivity index (χ1v) is 12.3. The zero-order valence-electron chi connectivity index (χ0n) is 17.1. The van der Waals surface area contributed by atoms with Gasteiger partial charge < -0.3 is 14.1 Å². The van der Waals surface area contributed by atoms with Crippen molar-refractivity contribution in [1.82, 2.24) is 14.4 Å². The number of halogens is 2. The molecule has 0 saturated carbocycles. The summed E-state index contributed by atoms with van der Waals surface area (Å²) in [6.45, 7) is 4.99. The molecule has 5 nitrogen and oxygen atoms in total. The predicted molar refractivity (Wildman–Crippen MR) is 132 cm³/mol. The third-order valence-corrected chi connectivity index (χ3v) is 7.63. The van der Waals surface area contributed by atoms with E-state index >= 15 is 0 Å². The number of hydrogen-bond donors (Lipinski definition) is 1. The average Bonchev–Trinajstić information content (AvgIpc) is 3.42. The van der Waals surface area contributed by atoms with Gasteiger partial charge in [0.15, 0.2) is 0 Å². The largest absolute Gasteiger partial charge is 0.467 e. The smallest absolute Gasteiger partial charge is 0.131 e. The van der Waals surface area contributed by atoms with Crippen molar-refractivity contribution in [3.05, 3.63) is 71.1 Å². The van der Waals surface area contributed by atoms with Gasteiger partial charge in [0.25, 0.3) is 0 Å². The summed E-state index contributed by atoms with van der Waals surface area (Å²) >= 11 is 7.34. The molecular formula is C24H25Br2N3O2. The van der Waals surface area contributed by atoms with Crippen molar-refractivity contribution in [2.75, 3.05) is 32.7 Å². The first-order valence-electron chi connectivity index (χ1n) is 10.6. The summed E-state index contributed by atoms with van der Waals surface area (Å²) in [7, 11) is 0. The molecule has 5 rings (SSSR count). The van der Waals surface area contributed by atoms with Crippen LogP contribution in [-0.4, -0.2) is 58.3 Å². The third kappa shape index (κ3) is 4.34. The summed E-state index contributed by atoms with van der Waals surface area (Å²) in [6.07, 6.45) is 1.28. The van der Waals surface area contributed by atoms with Gasteiger partial charge >= 0.3 is 0 Å². The molecule has 3 heterocycles. The van der Waals surface area contributed by atoms with Crippen LogP contribution in [-0.2, 0) is 6.54 Å². The number of piperazine rings is 1. The lowest BCUT2D eigenvalue weighted by Gasteiger charge is -2.37. The first-order chi connectivity index (χ1) is 15.1. The second-order valence-corrected chi connectivity index (χ2v) is 9.91. The van der Waals surface area contributed by atoms with Gasteiger partial charge in [-0.3, -0.25) is 9.80 Å². The van der Waals surface area contributed by atoms with Crippen LogP contribution in [0.1, 0.15) is 10.7 Å². The Labute approximate surface area is 198 Å². The third-order valence-electron chi connectivity index (χ3n) is 6.10. The molecule has 0 bridgehead atoms. The average molecular weight is 547 g/mol. The van der Waals surface area contributed by atoms with Crippen LogP contribution < -0.4 is 0 Å². The van der Waals surface area contributed by atoms with Crippen molar-refractivity contribution >= 4 is 53.7 Å². The molecule has 1 aliphatic rings. The number of hydrogen-bond acceptors (Lipinski definition) is 4. The van der Waals surface area contributed by atoms with Gasteiger partial charge in [-0.2, -0.15) is 0 Å². The Morgan fingerprint density at radius 3 is 2.45 bits per heavy atom. The molecule has 7 heteroatoms. The number of fused-ring (bicyclic) bond motifs is 3. The van der Waals surface area contributed by atoms with E-state index in [1.165, 1.54) is 16.3 Å². The van der Waals surface area contributed by atoms with Gasteiger partial charge in [0.05, 0.1) is 18.9 Å². The molecule has 4 aromatic rings. The maximum Gasteiger partial charge on any atom is 0.131 e. The Kier molecular flexibility index (Phi) is 6.21. The highest BCUT2D eigenvalue weighted by molar-refractivity contribution is 9.10. The predicted octanol–water partition coefficient (Wildman–Crippen LogP) is 5.22. The van der Waals surface area contributed by atoms with Crippen molar-refractivity contribution < 1.29 is 9.52 Å². The highest BCUT2D eigenvalue weighted by Crippen LogP contribution is 2.32. The topological polar surface area (TPSA) is 44.8 Å². The standard InChI is InChI=1S/C24H25Br2N3O2/c25-17-7-8-22-20(14-17)19-4-1-2-5-21(19)29(22)16-18(30)15-27-9-11-28(12-10-27)24(26)23-6-3-13-31-23/h1-8,13-14,18,24,30H,9-12,15-16H2. The second kappa shape index (κ2) is 9.08. The van der Waals surface area contributed by atoms with Gasteiger partial charge in [0, 0.05) is 59.0 Å². The van der Waals surface area contributed by atoms with Crippen molar-refractivity contribution in [3.8, 4) is 0 Å². The van der Waals surface area contributed by atoms with Gasteiger partial charge in [0.2, 0.25) is 0 Å². The van der Waals surface area contributed by atoms with Crippen LogP contribution in [0.2, 0.25) is 0 Å². The molecule has 2 aromatic heterocycles. The highest BCUT2D eigenvalue weighted by Gasteiger charge is 2.26. The number of alkyl halides is 1. The van der Waals surface area contributed by atoms with E-state index in [0.717, 1.165) is 41.9 Å². The Morgan fingerprint density at radius 2 is 1.68 bits per heavy atom. The summed E-state index contributed by atoms with van der Waals surface area (Å²) in [5.41, 5.74) is 2.33. The minimum Gasteiger partial charge on any atom is -0.467 e. The minimum atomic E-state index is -0.431. The monoisotopic (exact) mass is 545 g/mol. The Balaban J connectivity index is 1.26. The molecule has 0 amide bonds. The number of benzene rings is 2. The van der Waals surface area contributed by atoms with E-state index < -0.39 is 6.10 Å². The number of furan rings is 1. The molecule has 2 unspecified atom stereocenters. The number of para-hydroxylation sites is 1. The zero-order valence-corrected chi connectivity index (χ0v) is 20.3. The number of nitrogens with zero attached hydrogens (tertiary/aromatic N) is 3. The number of aliphatic hydroxyl groups excluding tert-OH is 1. The van der Waals surface area contributed by atoms with Crippen LogP contribution in [0.5, 0.6) is 0 Å². The van der Waals surface area contributed by atoms with E-state index in [4.69, 9.17) is 4.42 Å². The van der Waals surface area contributed by atoms with Crippen molar-refractivity contribution in [2.24, 2.45) is 0 Å². The Hall–Kier alpha value is -1.64. The van der Waals surface area contributed by atoms with Gasteiger partial charge in [-0.05, 0) is 36.4 Å². The van der Waals surface area contributed by atoms with E-state index in [0.29, 0.717) is 13.1 Å². The van der Waals surface area contributed by atoms with Crippen LogP contribution >= 0.6 is 31.9 Å². The first kappa shape index (κ1) is 21.2. The van der Waals surface area contributed by atoms with Gasteiger partial charge in [-0.1, -0.05) is 50.1 Å². The van der Waals surface area contributed by atoms with Crippen LogP contribution in [0.4, 0.5) is 0 Å². The lowest BCUT2D eigenvalue weighted by molar-refractivity contribution is 0.0609. The SMILES string of the molecule is OC(CN1CCN(C(Br)c2ccco2)CC1)Cn1c2ccccc2c2cc(Br)ccc21. The summed E-state index contributed by atoms with van der Waals surface area (Å²) in [5, 5.41) is 13.4. The molecule has 2 atom stereocenters. The maximum absolute atomic E-state index is 11.0. The van der Waals surface area contributed by atoms with Crippen molar-refractivity contribution in [3.63, 3.8) is 0 Å². The lowest BCUT2D eigenvalue weighted by atomic mass is 10.2. The summed E-state index contributed by atoms with van der Waals surface area (Å²) in [6, 6.07) is 18.7. The van der Waals surface area contributed by atoms with Crippen LogP contribution in [0.25, 0.3) is 21.8 Å². The molecule has 1 aliphatic heterocycles. The fourth-order valence-corrected chi connectivity index (χ4v) is 5.60. The molecule has 1 fully saturated rings. The van der Waals surface area contributed by atoms with E-state index in [1.54, 1.807) is 6.26 Å². The Morgan fingerprint density at radius 1 is 0.903 bits per heavy atom. The normalized spacial score (nSPS) is 18.0. The van der Waals surface area contributed by atoms with E-state index in [-0.39, 0.29) is 4.95 Å². The zero-order chi connectivity index (χ0) is 21.4. The summed E-state index contributed by atoms with van der Waals surface area (Å²) in [5.74, 6) is 0.937. The number of β-amino-alcohol motifs (C(OH)–C–C–N with tert-alkyl or cyclic N) is 1. The molecule has 1 saturated heterocycles. The number of aromatic nitrogens is 1. The van der Waals surface area contributed by atoms with Crippen molar-refractivity contribution in [1.29, 1.82) is 0 Å². The number of rotatable bonds is 6. The molecule has 0 radical (unpaired) electrons. The fourth-order valence-electron chi connectivity index (χ4n) is 4.57. The second-order valence-electron chi connectivity index (χ2n) is 8.13. The van der Waals surface area contributed by atoms with Gasteiger partial charge in [-0.25, -0.2) is 0 Å². The summed E-state index contributed by atoms with van der Waals surface area (Å²) < 4.78 is 8.85. The van der Waals surface area contributed by atoms with Gasteiger partial charge in [0.1, 0.15) is 10.7 Å². The van der Waals surface area contributed by atoms with E-state index in [1.807, 2.05) is 12.1 Å². The van der Waals surface area contributed by atoms with E-state index in [2.05, 4.69) is 88.7 Å². The molecule has 0 aliphatic carbocycles. The van der Waals surface area contributed by atoms with Crippen LogP contribution in [0.3, 0.4) is 0 Å². The quantitative estimate of drug-likeness (QED) is 0.266. The Bertz CT molecular complexity index is 1170. The molecule has 162 valence electrons. The van der Waals surface area contributed by atoms with Crippen molar-refractivity contribution in [2.45, 2.75) is 17.6 Å². The minimum absolute atomic E-state index is 0.103. The lowest BCUT2D eigenvalue weighted by Crippen LogP contribution is -2.49. The molecule has 2 aromatic carbocycles. The molecular weight excluding hydrogens is 522 g/mol. The van der Waals surface area contributed by atoms with Crippen LogP contribution in [0.15, 0.2) is 69.8 Å². The highest BCUT2D eigenvalue weighted by atomic mass is 79.9. The molecule has 1 N–H and O–H groups in total. The molecule has 0 spiro atoms. The maximum atomic E-state index is 11.0. The molecule has 31 heavy (non-hydrogen) atoms. The van der Waals surface area contributed by atoms with Gasteiger partial charge in [-0.15, -0.1) is 0 Å². The summed E-state index contributed by atoms with van der Waals surface area (Å²) in [4.78, 5) is 4.83. The number of aliphatic hydroxyl groups is 1. The fraction of sp³-hybridized carbons (Fsp3) is 0.333.